The van der Waals surface area contributed by atoms with E-state index >= 15 is 0 Å². The van der Waals surface area contributed by atoms with Crippen LogP contribution in [0.4, 0.5) is 18.9 Å². The van der Waals surface area contributed by atoms with Gasteiger partial charge in [-0.2, -0.15) is 13.2 Å². The molecule has 0 atom stereocenters. The van der Waals surface area contributed by atoms with E-state index < -0.39 is 17.6 Å². The average Bonchev–Trinajstić information content (AvgIpc) is 2.17. The smallest absolute Gasteiger partial charge is 0.320 e. The summed E-state index contributed by atoms with van der Waals surface area (Å²) in [4.78, 5) is 20.5. The summed E-state index contributed by atoms with van der Waals surface area (Å²) in [5.74, 6) is -0.908. The predicted octanol–water partition coefficient (Wildman–Crippen LogP) is 1.84. The van der Waals surface area contributed by atoms with Gasteiger partial charge in [0, 0.05) is 5.69 Å². The Bertz CT molecular complexity index is 370. The van der Waals surface area contributed by atoms with Crippen LogP contribution in [0.15, 0.2) is 24.3 Å². The summed E-state index contributed by atoms with van der Waals surface area (Å²) >= 11 is 0. The molecule has 1 rings (SSSR count). The fraction of sp³-hybridized carbons (Fsp3) is 0.111. The molecule has 0 aliphatic carbocycles. The Morgan fingerprint density at radius 3 is 2.13 bits per heavy atom. The largest absolute Gasteiger partial charge is 0.416 e. The van der Waals surface area contributed by atoms with E-state index in [4.69, 9.17) is 0 Å². The number of benzene rings is 1. The molecule has 0 aromatic heterocycles. The Morgan fingerprint density at radius 1 is 1.20 bits per heavy atom. The minimum atomic E-state index is -4.41. The summed E-state index contributed by atoms with van der Waals surface area (Å²) in [5.41, 5.74) is -0.674. The summed E-state index contributed by atoms with van der Waals surface area (Å²) in [7, 11) is 0. The fourth-order valence-corrected chi connectivity index (χ4v) is 0.914. The van der Waals surface area contributed by atoms with Gasteiger partial charge in [-0.15, -0.1) is 0 Å². The third-order valence-corrected chi connectivity index (χ3v) is 1.59. The van der Waals surface area contributed by atoms with Gasteiger partial charge in [-0.3, -0.25) is 9.59 Å². The van der Waals surface area contributed by atoms with Gasteiger partial charge >= 0.3 is 6.18 Å². The number of hydrogen-bond donors (Lipinski definition) is 1. The molecule has 1 aromatic carbocycles. The Kier molecular flexibility index (Phi) is 3.08. The van der Waals surface area contributed by atoms with Crippen LogP contribution in [-0.4, -0.2) is 12.2 Å². The van der Waals surface area contributed by atoms with Crippen LogP contribution in [0.1, 0.15) is 5.56 Å². The molecular formula is C9H6F3NO2. The zero-order valence-corrected chi connectivity index (χ0v) is 7.34. The van der Waals surface area contributed by atoms with Crippen LogP contribution in [0, 0.1) is 0 Å². The van der Waals surface area contributed by atoms with E-state index in [2.05, 4.69) is 5.32 Å². The van der Waals surface area contributed by atoms with Gasteiger partial charge in [-0.05, 0) is 24.3 Å². The van der Waals surface area contributed by atoms with Crippen molar-refractivity contribution in [2.45, 2.75) is 6.18 Å². The van der Waals surface area contributed by atoms with Crippen LogP contribution >= 0.6 is 0 Å². The van der Waals surface area contributed by atoms with E-state index in [0.29, 0.717) is 0 Å². The molecule has 0 saturated heterocycles. The first-order valence-electron chi connectivity index (χ1n) is 3.87. The molecule has 0 aliphatic heterocycles. The van der Waals surface area contributed by atoms with Crippen LogP contribution in [0.3, 0.4) is 0 Å². The number of rotatable bonds is 2. The Labute approximate surface area is 82.9 Å². The van der Waals surface area contributed by atoms with Crippen molar-refractivity contribution in [3.8, 4) is 0 Å². The van der Waals surface area contributed by atoms with Gasteiger partial charge in [-0.1, -0.05) is 0 Å². The maximum atomic E-state index is 12.1. The second-order valence-electron chi connectivity index (χ2n) is 2.68. The molecule has 0 radical (unpaired) electrons. The minimum Gasteiger partial charge on any atom is -0.320 e. The van der Waals surface area contributed by atoms with Gasteiger partial charge in [0.25, 0.3) is 5.91 Å². The van der Waals surface area contributed by atoms with Gasteiger partial charge in [0.2, 0.25) is 6.29 Å². The van der Waals surface area contributed by atoms with Gasteiger partial charge in [0.1, 0.15) is 0 Å². The summed E-state index contributed by atoms with van der Waals surface area (Å²) in [5, 5.41) is 2.10. The van der Waals surface area contributed by atoms with Gasteiger partial charge in [0.05, 0.1) is 5.56 Å². The van der Waals surface area contributed by atoms with Crippen molar-refractivity contribution >= 4 is 17.9 Å². The summed E-state index contributed by atoms with van der Waals surface area (Å²) in [6.45, 7) is 0. The molecule has 1 aromatic rings. The van der Waals surface area contributed by atoms with Crippen LogP contribution in [-0.2, 0) is 15.8 Å². The third kappa shape index (κ3) is 3.08. The molecule has 1 amide bonds. The summed E-state index contributed by atoms with van der Waals surface area (Å²) in [6.07, 6.45) is -4.37. The standard InChI is InChI=1S/C9H6F3NO2/c10-9(11,12)6-1-3-7(4-2-6)13-8(15)5-14/h1-5H,(H,13,15). The van der Waals surface area contributed by atoms with Gasteiger partial charge < -0.3 is 5.32 Å². The first-order chi connectivity index (χ1) is 6.93. The highest BCUT2D eigenvalue weighted by molar-refractivity contribution is 6.29. The third-order valence-electron chi connectivity index (χ3n) is 1.59. The second-order valence-corrected chi connectivity index (χ2v) is 2.68. The van der Waals surface area contributed by atoms with Gasteiger partial charge in [0.15, 0.2) is 0 Å². The van der Waals surface area contributed by atoms with Crippen LogP contribution in [0.25, 0.3) is 0 Å². The number of alkyl halides is 3. The van der Waals surface area contributed by atoms with E-state index in [9.17, 15) is 22.8 Å². The molecule has 1 N–H and O–H groups in total. The van der Waals surface area contributed by atoms with E-state index in [1.54, 1.807) is 0 Å². The minimum absolute atomic E-state index is 0.0394. The number of carbonyl (C=O) groups excluding carboxylic acids is 2. The lowest BCUT2D eigenvalue weighted by Crippen LogP contribution is -2.12. The summed E-state index contributed by atoms with van der Waals surface area (Å²) in [6, 6.07) is 3.79. The number of hydrogen-bond acceptors (Lipinski definition) is 2. The lowest BCUT2D eigenvalue weighted by Gasteiger charge is -2.07. The van der Waals surface area contributed by atoms with Crippen molar-refractivity contribution in [3.63, 3.8) is 0 Å². The Morgan fingerprint density at radius 2 is 1.73 bits per heavy atom. The lowest BCUT2D eigenvalue weighted by atomic mass is 10.2. The SMILES string of the molecule is O=CC(=O)Nc1ccc(C(F)(F)F)cc1. The van der Waals surface area contributed by atoms with Crippen molar-refractivity contribution in [1.29, 1.82) is 0 Å². The van der Waals surface area contributed by atoms with Crippen molar-refractivity contribution in [1.82, 2.24) is 0 Å². The molecule has 0 spiro atoms. The van der Waals surface area contributed by atoms with Crippen LogP contribution in [0.5, 0.6) is 0 Å². The maximum Gasteiger partial charge on any atom is 0.416 e. The van der Waals surface area contributed by atoms with Crippen molar-refractivity contribution < 1.29 is 22.8 Å². The molecule has 0 saturated carbocycles. The molecule has 6 heteroatoms. The molecule has 0 heterocycles. The Hall–Kier alpha value is -1.85. The number of amides is 1. The average molecular weight is 217 g/mol. The van der Waals surface area contributed by atoms with E-state index in [0.717, 1.165) is 24.3 Å². The van der Waals surface area contributed by atoms with Gasteiger partial charge in [-0.25, -0.2) is 0 Å². The topological polar surface area (TPSA) is 46.2 Å². The molecule has 0 bridgehead atoms. The van der Waals surface area contributed by atoms with Crippen LogP contribution < -0.4 is 5.32 Å². The highest BCUT2D eigenvalue weighted by Crippen LogP contribution is 2.29. The van der Waals surface area contributed by atoms with E-state index in [-0.39, 0.29) is 12.0 Å². The normalized spacial score (nSPS) is 10.9. The molecule has 0 unspecified atom stereocenters. The number of halogens is 3. The number of nitrogens with one attached hydrogen (secondary N) is 1. The first kappa shape index (κ1) is 11.2. The monoisotopic (exact) mass is 217 g/mol. The zero-order chi connectivity index (χ0) is 11.5. The van der Waals surface area contributed by atoms with Crippen molar-refractivity contribution in [2.75, 3.05) is 5.32 Å². The van der Waals surface area contributed by atoms with Crippen molar-refractivity contribution in [3.05, 3.63) is 29.8 Å². The molecule has 0 fully saturated rings. The van der Waals surface area contributed by atoms with Crippen LogP contribution in [0.2, 0.25) is 0 Å². The maximum absolute atomic E-state index is 12.1. The highest BCUT2D eigenvalue weighted by Gasteiger charge is 2.29. The molecule has 3 nitrogen and oxygen atoms in total. The predicted molar refractivity (Wildman–Crippen MR) is 46.1 cm³/mol. The second kappa shape index (κ2) is 4.12. The van der Waals surface area contributed by atoms with E-state index in [1.807, 2.05) is 0 Å². The Balaban J connectivity index is 2.81. The quantitative estimate of drug-likeness (QED) is 0.606. The van der Waals surface area contributed by atoms with E-state index in [1.165, 1.54) is 0 Å². The first-order valence-corrected chi connectivity index (χ1v) is 3.87. The number of aldehydes is 1. The fourth-order valence-electron chi connectivity index (χ4n) is 0.914. The molecule has 0 aliphatic rings. The zero-order valence-electron chi connectivity index (χ0n) is 7.34. The molecular weight excluding hydrogens is 211 g/mol. The molecule has 15 heavy (non-hydrogen) atoms. The molecule has 80 valence electrons. The highest BCUT2D eigenvalue weighted by atomic mass is 19.4. The number of anilines is 1. The van der Waals surface area contributed by atoms with Crippen molar-refractivity contribution in [2.24, 2.45) is 0 Å². The lowest BCUT2D eigenvalue weighted by molar-refractivity contribution is -0.137. The summed E-state index contributed by atoms with van der Waals surface area (Å²) < 4.78 is 36.3. The number of carbonyl (C=O) groups is 2.